The van der Waals surface area contributed by atoms with E-state index in [2.05, 4.69) is 20.8 Å². The lowest BCUT2D eigenvalue weighted by Gasteiger charge is -2.07. The Morgan fingerprint density at radius 2 is 1.96 bits per heavy atom. The predicted octanol–water partition coefficient (Wildman–Crippen LogP) is 5.50. The van der Waals surface area contributed by atoms with Gasteiger partial charge in [-0.15, -0.1) is 0 Å². The summed E-state index contributed by atoms with van der Waals surface area (Å²) in [5, 5.41) is 9.10. The third-order valence-corrected chi connectivity index (χ3v) is 4.77. The summed E-state index contributed by atoms with van der Waals surface area (Å²) in [7, 11) is 0. The van der Waals surface area contributed by atoms with E-state index < -0.39 is 0 Å². The Kier molecular flexibility index (Phi) is 6.21. The van der Waals surface area contributed by atoms with Gasteiger partial charge < -0.3 is 5.32 Å². The maximum atomic E-state index is 12.1. The standard InChI is InChI=1S/C20H19ClN4OS/c1-13(2)18(26)24-19-17(15-8-4-3-5-9-15)23-20(27-19)25-22-12-14-7-6-10-16(21)11-14/h3-13H,1-2H3,(H,23,25)(H,24,26)/b22-12+. The minimum absolute atomic E-state index is 0.0511. The Morgan fingerprint density at radius 1 is 1.19 bits per heavy atom. The van der Waals surface area contributed by atoms with Crippen molar-refractivity contribution in [1.29, 1.82) is 0 Å². The van der Waals surface area contributed by atoms with Crippen LogP contribution < -0.4 is 10.7 Å². The Balaban J connectivity index is 1.83. The van der Waals surface area contributed by atoms with Crippen LogP contribution in [0.4, 0.5) is 10.1 Å². The van der Waals surface area contributed by atoms with Crippen LogP contribution >= 0.6 is 22.9 Å². The van der Waals surface area contributed by atoms with Crippen LogP contribution in [0.1, 0.15) is 19.4 Å². The fraction of sp³-hybridized carbons (Fsp3) is 0.150. The zero-order chi connectivity index (χ0) is 19.2. The summed E-state index contributed by atoms with van der Waals surface area (Å²) in [5.74, 6) is -0.169. The number of thiazole rings is 1. The molecule has 0 aliphatic rings. The van der Waals surface area contributed by atoms with Crippen LogP contribution in [0, 0.1) is 5.92 Å². The van der Waals surface area contributed by atoms with E-state index in [1.807, 2.05) is 68.4 Å². The summed E-state index contributed by atoms with van der Waals surface area (Å²) >= 11 is 7.32. The lowest BCUT2D eigenvalue weighted by Crippen LogP contribution is -2.17. The number of anilines is 2. The maximum absolute atomic E-state index is 12.1. The topological polar surface area (TPSA) is 66.4 Å². The van der Waals surface area contributed by atoms with Crippen LogP contribution in [-0.2, 0) is 4.79 Å². The molecule has 2 aromatic carbocycles. The van der Waals surface area contributed by atoms with E-state index in [1.54, 1.807) is 6.21 Å². The smallest absolute Gasteiger partial charge is 0.227 e. The molecule has 0 radical (unpaired) electrons. The largest absolute Gasteiger partial charge is 0.316 e. The minimum atomic E-state index is -0.118. The summed E-state index contributed by atoms with van der Waals surface area (Å²) < 4.78 is 0. The molecule has 3 aromatic rings. The lowest BCUT2D eigenvalue weighted by molar-refractivity contribution is -0.118. The highest BCUT2D eigenvalue weighted by Gasteiger charge is 2.16. The molecule has 0 aliphatic heterocycles. The minimum Gasteiger partial charge on any atom is -0.316 e. The highest BCUT2D eigenvalue weighted by Crippen LogP contribution is 2.36. The zero-order valence-electron chi connectivity index (χ0n) is 14.9. The van der Waals surface area contributed by atoms with Gasteiger partial charge in [-0.25, -0.2) is 4.98 Å². The fourth-order valence-corrected chi connectivity index (χ4v) is 3.29. The molecule has 0 unspecified atom stereocenters. The Hall–Kier alpha value is -2.70. The molecule has 5 nitrogen and oxygen atoms in total. The number of carbonyl (C=O) groups is 1. The van der Waals surface area contributed by atoms with Crippen molar-refractivity contribution in [2.75, 3.05) is 10.7 Å². The number of carbonyl (C=O) groups excluding carboxylic acids is 1. The van der Waals surface area contributed by atoms with Gasteiger partial charge in [-0.2, -0.15) is 5.10 Å². The van der Waals surface area contributed by atoms with E-state index in [0.29, 0.717) is 15.2 Å². The van der Waals surface area contributed by atoms with Crippen LogP contribution in [0.3, 0.4) is 0 Å². The van der Waals surface area contributed by atoms with Crippen molar-refractivity contribution in [2.45, 2.75) is 13.8 Å². The number of hydrazone groups is 1. The summed E-state index contributed by atoms with van der Waals surface area (Å²) in [6, 6.07) is 17.1. The molecule has 0 saturated heterocycles. The SMILES string of the molecule is CC(C)C(=O)Nc1sc(N/N=C/c2cccc(Cl)c2)nc1-c1ccccc1. The molecule has 0 aliphatic carbocycles. The van der Waals surface area contributed by atoms with Crippen LogP contribution in [0.25, 0.3) is 11.3 Å². The maximum Gasteiger partial charge on any atom is 0.227 e. The Bertz CT molecular complexity index is 954. The third-order valence-electron chi connectivity index (χ3n) is 3.66. The molecular formula is C20H19ClN4OS. The first kappa shape index (κ1) is 19.1. The van der Waals surface area contributed by atoms with Crippen molar-refractivity contribution in [1.82, 2.24) is 4.98 Å². The lowest BCUT2D eigenvalue weighted by atomic mass is 10.1. The van der Waals surface area contributed by atoms with Gasteiger partial charge >= 0.3 is 0 Å². The van der Waals surface area contributed by atoms with E-state index in [0.717, 1.165) is 16.8 Å². The molecule has 138 valence electrons. The number of hydrogen-bond acceptors (Lipinski definition) is 5. The van der Waals surface area contributed by atoms with Gasteiger partial charge in [0.05, 0.1) is 6.21 Å². The number of benzene rings is 2. The second-order valence-electron chi connectivity index (χ2n) is 6.13. The van der Waals surface area contributed by atoms with Gasteiger partial charge in [0.15, 0.2) is 0 Å². The highest BCUT2D eigenvalue weighted by atomic mass is 35.5. The van der Waals surface area contributed by atoms with Gasteiger partial charge in [0, 0.05) is 16.5 Å². The molecule has 3 rings (SSSR count). The van der Waals surface area contributed by atoms with Gasteiger partial charge in [0.1, 0.15) is 10.7 Å². The average Bonchev–Trinajstić information content (AvgIpc) is 3.05. The summed E-state index contributed by atoms with van der Waals surface area (Å²) in [5.41, 5.74) is 5.45. The molecule has 0 fully saturated rings. The number of hydrogen-bond donors (Lipinski definition) is 2. The molecule has 0 bridgehead atoms. The van der Waals surface area contributed by atoms with E-state index in [-0.39, 0.29) is 11.8 Å². The van der Waals surface area contributed by atoms with Gasteiger partial charge in [0.25, 0.3) is 0 Å². The molecule has 2 N–H and O–H groups in total. The average molecular weight is 399 g/mol. The van der Waals surface area contributed by atoms with E-state index in [1.165, 1.54) is 11.3 Å². The normalized spacial score (nSPS) is 11.1. The first-order valence-corrected chi connectivity index (χ1v) is 9.64. The van der Waals surface area contributed by atoms with Crippen molar-refractivity contribution >= 4 is 45.2 Å². The Labute approximate surface area is 167 Å². The van der Waals surface area contributed by atoms with Crippen LogP contribution in [0.5, 0.6) is 0 Å². The summed E-state index contributed by atoms with van der Waals surface area (Å²) in [6.45, 7) is 3.71. The summed E-state index contributed by atoms with van der Waals surface area (Å²) in [6.07, 6.45) is 1.67. The van der Waals surface area contributed by atoms with Gasteiger partial charge in [-0.3, -0.25) is 10.2 Å². The third kappa shape index (κ3) is 5.15. The summed E-state index contributed by atoms with van der Waals surface area (Å²) in [4.78, 5) is 16.7. The Morgan fingerprint density at radius 3 is 2.67 bits per heavy atom. The van der Waals surface area contributed by atoms with Crippen LogP contribution in [-0.4, -0.2) is 17.1 Å². The highest BCUT2D eigenvalue weighted by molar-refractivity contribution is 7.20. The molecule has 7 heteroatoms. The molecular weight excluding hydrogens is 380 g/mol. The second kappa shape index (κ2) is 8.79. The number of rotatable bonds is 6. The zero-order valence-corrected chi connectivity index (χ0v) is 16.5. The number of aromatic nitrogens is 1. The van der Waals surface area contributed by atoms with Crippen molar-refractivity contribution in [3.63, 3.8) is 0 Å². The van der Waals surface area contributed by atoms with E-state index >= 15 is 0 Å². The molecule has 1 amide bonds. The quantitative estimate of drug-likeness (QED) is 0.425. The first-order valence-electron chi connectivity index (χ1n) is 8.44. The fourth-order valence-electron chi connectivity index (χ4n) is 2.25. The van der Waals surface area contributed by atoms with Gasteiger partial charge in [-0.05, 0) is 17.7 Å². The number of nitrogens with zero attached hydrogens (tertiary/aromatic N) is 2. The van der Waals surface area contributed by atoms with Crippen molar-refractivity contribution in [2.24, 2.45) is 11.0 Å². The molecule has 27 heavy (non-hydrogen) atoms. The molecule has 1 aromatic heterocycles. The first-order chi connectivity index (χ1) is 13.0. The van der Waals surface area contributed by atoms with Crippen LogP contribution in [0.15, 0.2) is 59.7 Å². The molecule has 1 heterocycles. The van der Waals surface area contributed by atoms with Crippen molar-refractivity contribution in [3.05, 3.63) is 65.2 Å². The van der Waals surface area contributed by atoms with Crippen LogP contribution in [0.2, 0.25) is 5.02 Å². The number of halogens is 1. The van der Waals surface area contributed by atoms with Gasteiger partial charge in [0.2, 0.25) is 11.0 Å². The molecule has 0 saturated carbocycles. The number of amides is 1. The molecule has 0 spiro atoms. The van der Waals surface area contributed by atoms with E-state index in [9.17, 15) is 4.79 Å². The van der Waals surface area contributed by atoms with Gasteiger partial charge in [-0.1, -0.05) is 79.2 Å². The number of nitrogens with one attached hydrogen (secondary N) is 2. The van der Waals surface area contributed by atoms with Crippen molar-refractivity contribution < 1.29 is 4.79 Å². The second-order valence-corrected chi connectivity index (χ2v) is 7.57. The van der Waals surface area contributed by atoms with Crippen molar-refractivity contribution in [3.8, 4) is 11.3 Å². The molecule has 0 atom stereocenters. The van der Waals surface area contributed by atoms with E-state index in [4.69, 9.17) is 11.6 Å². The predicted molar refractivity (Wildman–Crippen MR) is 114 cm³/mol. The monoisotopic (exact) mass is 398 g/mol.